The molecule has 2 aromatic rings. The van der Waals surface area contributed by atoms with E-state index in [-0.39, 0.29) is 12.5 Å². The van der Waals surface area contributed by atoms with Crippen molar-refractivity contribution < 1.29 is 9.90 Å². The van der Waals surface area contributed by atoms with Crippen LogP contribution >= 0.6 is 0 Å². The smallest absolute Gasteiger partial charge is 0.268 e. The number of anilines is 1. The Labute approximate surface area is 118 Å². The number of carbonyl (C=O) groups excluding carboxylic acids is 1. The largest absolute Gasteiger partial charge is 0.397 e. The van der Waals surface area contributed by atoms with Crippen molar-refractivity contribution in [2.24, 2.45) is 0 Å². The first-order valence-corrected chi connectivity index (χ1v) is 6.56. The van der Waals surface area contributed by atoms with Gasteiger partial charge in [0.2, 0.25) is 0 Å². The number of hydrogen-bond donors (Lipinski definition) is 3. The van der Waals surface area contributed by atoms with Crippen LogP contribution in [-0.2, 0) is 19.7 Å². The lowest BCUT2D eigenvalue weighted by Crippen LogP contribution is -2.25. The van der Waals surface area contributed by atoms with E-state index in [2.05, 4.69) is 5.32 Å². The Balaban J connectivity index is 2.00. The van der Waals surface area contributed by atoms with Gasteiger partial charge in [0.05, 0.1) is 12.3 Å². The zero-order valence-corrected chi connectivity index (χ0v) is 11.5. The van der Waals surface area contributed by atoms with Crippen LogP contribution in [0.15, 0.2) is 36.5 Å². The summed E-state index contributed by atoms with van der Waals surface area (Å²) < 4.78 is 1.82. The summed E-state index contributed by atoms with van der Waals surface area (Å²) in [5.41, 5.74) is 8.70. The number of carbonyl (C=O) groups is 1. The molecule has 4 N–H and O–H groups in total. The number of hydrogen-bond acceptors (Lipinski definition) is 3. The molecule has 5 heteroatoms. The Kier molecular flexibility index (Phi) is 4.42. The highest BCUT2D eigenvalue weighted by Crippen LogP contribution is 2.11. The van der Waals surface area contributed by atoms with E-state index >= 15 is 0 Å². The molecule has 1 aromatic carbocycles. The normalized spacial score (nSPS) is 10.5. The van der Waals surface area contributed by atoms with E-state index in [1.54, 1.807) is 12.3 Å². The number of aromatic nitrogens is 1. The number of aliphatic hydroxyl groups excluding tert-OH is 1. The Morgan fingerprint density at radius 2 is 1.95 bits per heavy atom. The average Bonchev–Trinajstić information content (AvgIpc) is 2.86. The quantitative estimate of drug-likeness (QED) is 0.772. The van der Waals surface area contributed by atoms with Gasteiger partial charge in [-0.15, -0.1) is 0 Å². The molecule has 2 rings (SSSR count). The molecule has 1 heterocycles. The third-order valence-electron chi connectivity index (χ3n) is 3.15. The van der Waals surface area contributed by atoms with Crippen LogP contribution in [0.1, 0.15) is 28.5 Å². The molecular weight excluding hydrogens is 254 g/mol. The molecule has 0 aliphatic rings. The number of amides is 1. The molecule has 5 nitrogen and oxygen atoms in total. The monoisotopic (exact) mass is 273 g/mol. The van der Waals surface area contributed by atoms with Crippen molar-refractivity contribution in [3.05, 3.63) is 53.3 Å². The second-order valence-corrected chi connectivity index (χ2v) is 4.60. The fraction of sp³-hybridized carbons (Fsp3) is 0.267. The molecule has 20 heavy (non-hydrogen) atoms. The van der Waals surface area contributed by atoms with Crippen molar-refractivity contribution in [2.75, 3.05) is 5.73 Å². The molecule has 0 spiro atoms. The minimum absolute atomic E-state index is 0.0237. The highest BCUT2D eigenvalue weighted by Gasteiger charge is 2.11. The average molecular weight is 273 g/mol. The number of nitrogens with zero attached hydrogens (tertiary/aromatic N) is 1. The minimum atomic E-state index is -0.144. The van der Waals surface area contributed by atoms with Gasteiger partial charge in [0, 0.05) is 19.3 Å². The van der Waals surface area contributed by atoms with E-state index in [1.165, 1.54) is 0 Å². The number of nitrogens with two attached hydrogens (primary N) is 1. The Morgan fingerprint density at radius 3 is 2.55 bits per heavy atom. The second kappa shape index (κ2) is 6.25. The van der Waals surface area contributed by atoms with E-state index in [9.17, 15) is 4.79 Å². The van der Waals surface area contributed by atoms with Crippen molar-refractivity contribution in [1.82, 2.24) is 9.88 Å². The molecule has 0 fully saturated rings. The predicted octanol–water partition coefficient (Wildman–Crippen LogP) is 1.51. The van der Waals surface area contributed by atoms with Crippen molar-refractivity contribution in [3.63, 3.8) is 0 Å². The predicted molar refractivity (Wildman–Crippen MR) is 78.1 cm³/mol. The molecular formula is C15H19N3O2. The summed E-state index contributed by atoms with van der Waals surface area (Å²) in [6, 6.07) is 9.13. The van der Waals surface area contributed by atoms with Crippen LogP contribution in [-0.4, -0.2) is 15.6 Å². The lowest BCUT2D eigenvalue weighted by Gasteiger charge is -2.08. The van der Waals surface area contributed by atoms with E-state index in [4.69, 9.17) is 10.8 Å². The zero-order chi connectivity index (χ0) is 14.5. The van der Waals surface area contributed by atoms with Gasteiger partial charge in [0.1, 0.15) is 5.69 Å². The summed E-state index contributed by atoms with van der Waals surface area (Å²) >= 11 is 0. The highest BCUT2D eigenvalue weighted by molar-refractivity contribution is 5.93. The van der Waals surface area contributed by atoms with Crippen LogP contribution in [0.4, 0.5) is 5.69 Å². The highest BCUT2D eigenvalue weighted by atomic mass is 16.3. The fourth-order valence-corrected chi connectivity index (χ4v) is 2.02. The third kappa shape index (κ3) is 3.19. The molecule has 0 saturated heterocycles. The first-order valence-electron chi connectivity index (χ1n) is 6.56. The van der Waals surface area contributed by atoms with Crippen LogP contribution in [0.2, 0.25) is 0 Å². The Hall–Kier alpha value is -2.27. The van der Waals surface area contributed by atoms with Gasteiger partial charge in [0.15, 0.2) is 0 Å². The zero-order valence-electron chi connectivity index (χ0n) is 11.5. The standard InChI is InChI=1S/C15H19N3O2/c1-2-18-9-13(16)7-14(18)15(20)17-8-11-3-5-12(10-19)6-4-11/h3-7,9,19H,2,8,10,16H2,1H3,(H,17,20). The minimum Gasteiger partial charge on any atom is -0.397 e. The Bertz CT molecular complexity index is 588. The lowest BCUT2D eigenvalue weighted by molar-refractivity contribution is 0.0941. The van der Waals surface area contributed by atoms with Crippen molar-refractivity contribution in [3.8, 4) is 0 Å². The number of nitrogens with one attached hydrogen (secondary N) is 1. The van der Waals surface area contributed by atoms with Gasteiger partial charge < -0.3 is 20.7 Å². The Morgan fingerprint density at radius 1 is 1.30 bits per heavy atom. The molecule has 106 valence electrons. The van der Waals surface area contributed by atoms with Gasteiger partial charge >= 0.3 is 0 Å². The van der Waals surface area contributed by atoms with Crippen molar-refractivity contribution in [2.45, 2.75) is 26.6 Å². The fourth-order valence-electron chi connectivity index (χ4n) is 2.02. The van der Waals surface area contributed by atoms with Gasteiger partial charge in [-0.25, -0.2) is 0 Å². The first kappa shape index (κ1) is 14.1. The van der Waals surface area contributed by atoms with Gasteiger partial charge in [-0.05, 0) is 24.1 Å². The topological polar surface area (TPSA) is 80.3 Å². The number of benzene rings is 1. The van der Waals surface area contributed by atoms with Crippen LogP contribution in [0.5, 0.6) is 0 Å². The second-order valence-electron chi connectivity index (χ2n) is 4.60. The van der Waals surface area contributed by atoms with Crippen molar-refractivity contribution in [1.29, 1.82) is 0 Å². The number of aliphatic hydroxyl groups is 1. The van der Waals surface area contributed by atoms with Gasteiger partial charge in [0.25, 0.3) is 5.91 Å². The lowest BCUT2D eigenvalue weighted by atomic mass is 10.1. The summed E-state index contributed by atoms with van der Waals surface area (Å²) in [5.74, 6) is -0.144. The van der Waals surface area contributed by atoms with E-state index < -0.39 is 0 Å². The molecule has 0 saturated carbocycles. The van der Waals surface area contributed by atoms with Crippen molar-refractivity contribution >= 4 is 11.6 Å². The van der Waals surface area contributed by atoms with Crippen LogP contribution in [0.25, 0.3) is 0 Å². The maximum absolute atomic E-state index is 12.1. The SMILES string of the molecule is CCn1cc(N)cc1C(=O)NCc1ccc(CO)cc1. The third-order valence-corrected chi connectivity index (χ3v) is 3.15. The summed E-state index contributed by atoms with van der Waals surface area (Å²) in [7, 11) is 0. The van der Waals surface area contributed by atoms with Crippen LogP contribution < -0.4 is 11.1 Å². The summed E-state index contributed by atoms with van der Waals surface area (Å²) in [6.45, 7) is 3.13. The van der Waals surface area contributed by atoms with Gasteiger partial charge in [-0.3, -0.25) is 4.79 Å². The maximum atomic E-state index is 12.1. The molecule has 0 bridgehead atoms. The number of aryl methyl sites for hydroxylation is 1. The van der Waals surface area contributed by atoms with Crippen LogP contribution in [0.3, 0.4) is 0 Å². The van der Waals surface area contributed by atoms with Gasteiger partial charge in [-0.2, -0.15) is 0 Å². The van der Waals surface area contributed by atoms with Crippen LogP contribution in [0, 0.1) is 0 Å². The number of nitrogen functional groups attached to an aromatic ring is 1. The molecule has 0 aliphatic heterocycles. The van der Waals surface area contributed by atoms with E-state index in [0.717, 1.165) is 11.1 Å². The summed E-state index contributed by atoms with van der Waals surface area (Å²) in [5, 5.41) is 11.8. The number of rotatable bonds is 5. The molecule has 1 amide bonds. The molecule has 0 radical (unpaired) electrons. The van der Waals surface area contributed by atoms with Gasteiger partial charge in [-0.1, -0.05) is 24.3 Å². The van der Waals surface area contributed by atoms with E-state index in [0.29, 0.717) is 24.5 Å². The van der Waals surface area contributed by atoms with E-state index in [1.807, 2.05) is 35.8 Å². The maximum Gasteiger partial charge on any atom is 0.268 e. The summed E-state index contributed by atoms with van der Waals surface area (Å²) in [4.78, 5) is 12.1. The molecule has 1 aromatic heterocycles. The molecule has 0 unspecified atom stereocenters. The molecule has 0 atom stereocenters. The molecule has 0 aliphatic carbocycles. The first-order chi connectivity index (χ1) is 9.63. The summed E-state index contributed by atoms with van der Waals surface area (Å²) in [6.07, 6.45) is 1.75.